The minimum absolute atomic E-state index is 0.181. The summed E-state index contributed by atoms with van der Waals surface area (Å²) in [5.74, 6) is 0.181. The smallest absolute Gasteiger partial charge is 0.379 e. The molecule has 0 heterocycles. The normalized spacial score (nSPS) is 8.92. The average Bonchev–Trinajstić information content (AvgIpc) is 2.05. The average molecular weight is 192 g/mol. The number of aromatic hydroxyl groups is 1. The van der Waals surface area contributed by atoms with Crippen molar-refractivity contribution in [1.82, 2.24) is 0 Å². The van der Waals surface area contributed by atoms with Crippen molar-refractivity contribution in [2.75, 3.05) is 0 Å². The molecule has 1 aromatic rings. The largest absolute Gasteiger partial charge is 0.508 e. The molecule has 0 aromatic heterocycles. The van der Waals surface area contributed by atoms with Crippen LogP contribution >= 0.6 is 0 Å². The van der Waals surface area contributed by atoms with Gasteiger partial charge in [0.05, 0.1) is 0 Å². The molecule has 1 N–H and O–H groups in total. The van der Waals surface area contributed by atoms with Gasteiger partial charge in [-0.1, -0.05) is 0 Å². The summed E-state index contributed by atoms with van der Waals surface area (Å²) in [6.07, 6.45) is 0.736. The Bertz CT molecular complexity index is 243. The van der Waals surface area contributed by atoms with Crippen LogP contribution in [-0.2, 0) is 0 Å². The molecule has 0 radical (unpaired) electrons. The summed E-state index contributed by atoms with van der Waals surface area (Å²) in [6, 6.07) is 6.07. The van der Waals surface area contributed by atoms with Gasteiger partial charge in [0, 0.05) is 5.56 Å². The zero-order valence-electron chi connectivity index (χ0n) is 6.45. The molecular weight excluding hydrogens is 185 g/mol. The van der Waals surface area contributed by atoms with Gasteiger partial charge in [-0.15, -0.1) is 0 Å². The number of carbonyl (C=O) groups is 1. The Labute approximate surface area is 72.6 Å². The topological polar surface area (TPSA) is 37.3 Å². The quantitative estimate of drug-likeness (QED) is 0.693. The Morgan fingerprint density at radius 2 is 1.54 bits per heavy atom. The van der Waals surface area contributed by atoms with E-state index < -0.39 is 6.68 Å². The molecule has 5 heteroatoms. The Morgan fingerprint density at radius 1 is 1.15 bits per heavy atom. The monoisotopic (exact) mass is 192 g/mol. The SMILES string of the molecule is FC(F)F.O=Cc1ccc(O)cc1. The lowest BCUT2D eigenvalue weighted by atomic mass is 10.2. The van der Waals surface area contributed by atoms with Crippen LogP contribution in [0, 0.1) is 0 Å². The molecule has 0 aliphatic heterocycles. The fourth-order valence-electron chi connectivity index (χ4n) is 0.553. The number of benzene rings is 1. The van der Waals surface area contributed by atoms with Crippen LogP contribution in [0.15, 0.2) is 24.3 Å². The molecule has 0 aliphatic carbocycles. The lowest BCUT2D eigenvalue weighted by molar-refractivity contribution is 0.00819. The van der Waals surface area contributed by atoms with Crippen LogP contribution in [0.3, 0.4) is 0 Å². The first-order valence-electron chi connectivity index (χ1n) is 3.22. The number of hydrogen-bond acceptors (Lipinski definition) is 2. The van der Waals surface area contributed by atoms with Gasteiger partial charge in [0.15, 0.2) is 0 Å². The van der Waals surface area contributed by atoms with E-state index >= 15 is 0 Å². The van der Waals surface area contributed by atoms with Crippen LogP contribution in [0.25, 0.3) is 0 Å². The van der Waals surface area contributed by atoms with E-state index in [1.54, 1.807) is 12.1 Å². The second-order valence-corrected chi connectivity index (χ2v) is 1.96. The van der Waals surface area contributed by atoms with Gasteiger partial charge in [0.2, 0.25) is 0 Å². The molecule has 0 amide bonds. The second-order valence-electron chi connectivity index (χ2n) is 1.96. The molecule has 0 atom stereocenters. The third-order valence-corrected chi connectivity index (χ3v) is 1.03. The molecule has 0 unspecified atom stereocenters. The first-order valence-corrected chi connectivity index (χ1v) is 3.22. The molecule has 0 fully saturated rings. The summed E-state index contributed by atoms with van der Waals surface area (Å²) in [5.41, 5.74) is 0.577. The van der Waals surface area contributed by atoms with Crippen LogP contribution in [0.2, 0.25) is 0 Å². The Morgan fingerprint density at radius 3 is 1.85 bits per heavy atom. The van der Waals surface area contributed by atoms with Gasteiger partial charge >= 0.3 is 6.68 Å². The van der Waals surface area contributed by atoms with Crippen LogP contribution in [-0.4, -0.2) is 18.1 Å². The highest BCUT2D eigenvalue weighted by Gasteiger charge is 1.87. The molecule has 13 heavy (non-hydrogen) atoms. The van der Waals surface area contributed by atoms with E-state index in [2.05, 4.69) is 0 Å². The molecular formula is C8H7F3O2. The molecule has 0 saturated carbocycles. The third kappa shape index (κ3) is 6.86. The number of hydrogen-bond donors (Lipinski definition) is 1. The van der Waals surface area contributed by atoms with E-state index in [1.165, 1.54) is 12.1 Å². The van der Waals surface area contributed by atoms with Crippen molar-refractivity contribution in [3.8, 4) is 5.75 Å². The Hall–Kier alpha value is -1.52. The van der Waals surface area contributed by atoms with E-state index in [0.29, 0.717) is 5.56 Å². The van der Waals surface area contributed by atoms with Crippen molar-refractivity contribution in [2.45, 2.75) is 6.68 Å². The van der Waals surface area contributed by atoms with Gasteiger partial charge in [-0.3, -0.25) is 4.79 Å². The number of carbonyl (C=O) groups excluding carboxylic acids is 1. The number of rotatable bonds is 1. The van der Waals surface area contributed by atoms with E-state index in [4.69, 9.17) is 5.11 Å². The predicted octanol–water partition coefficient (Wildman–Crippen LogP) is 2.38. The Kier molecular flexibility index (Phi) is 5.34. The molecule has 0 saturated heterocycles. The third-order valence-electron chi connectivity index (χ3n) is 1.03. The number of halogens is 3. The molecule has 0 spiro atoms. The first-order chi connectivity index (χ1) is 6.06. The molecule has 72 valence electrons. The summed E-state index contributed by atoms with van der Waals surface area (Å²) in [6.45, 7) is -3.67. The van der Waals surface area contributed by atoms with Crippen molar-refractivity contribution < 1.29 is 23.1 Å². The van der Waals surface area contributed by atoms with Gasteiger partial charge in [-0.25, -0.2) is 0 Å². The molecule has 1 aromatic carbocycles. The lowest BCUT2D eigenvalue weighted by Gasteiger charge is -1.88. The van der Waals surface area contributed by atoms with Gasteiger partial charge in [0.1, 0.15) is 12.0 Å². The highest BCUT2D eigenvalue weighted by atomic mass is 19.4. The van der Waals surface area contributed by atoms with Gasteiger partial charge in [0.25, 0.3) is 0 Å². The van der Waals surface area contributed by atoms with E-state index in [0.717, 1.165) is 6.29 Å². The molecule has 0 aliphatic rings. The molecule has 0 bridgehead atoms. The molecule has 1 rings (SSSR count). The maximum Gasteiger partial charge on any atom is 0.379 e. The summed E-state index contributed by atoms with van der Waals surface area (Å²) >= 11 is 0. The molecule has 2 nitrogen and oxygen atoms in total. The number of aldehydes is 1. The number of alkyl halides is 3. The lowest BCUT2D eigenvalue weighted by Crippen LogP contribution is -1.74. The summed E-state index contributed by atoms with van der Waals surface area (Å²) in [7, 11) is 0. The fourth-order valence-corrected chi connectivity index (χ4v) is 0.553. The standard InChI is InChI=1S/C7H6O2.CHF3/c8-5-6-1-3-7(9)4-2-6;2-1(3)4/h1-5,9H;1H. The zero-order valence-corrected chi connectivity index (χ0v) is 6.45. The highest BCUT2D eigenvalue weighted by Crippen LogP contribution is 2.07. The van der Waals surface area contributed by atoms with Gasteiger partial charge < -0.3 is 5.11 Å². The van der Waals surface area contributed by atoms with E-state index in [9.17, 15) is 18.0 Å². The first kappa shape index (κ1) is 11.5. The summed E-state index contributed by atoms with van der Waals surface area (Å²) in [5, 5.41) is 8.74. The second kappa shape index (κ2) is 6.05. The van der Waals surface area contributed by atoms with E-state index in [-0.39, 0.29) is 5.75 Å². The van der Waals surface area contributed by atoms with Crippen LogP contribution in [0.5, 0.6) is 5.75 Å². The zero-order chi connectivity index (χ0) is 10.3. The van der Waals surface area contributed by atoms with Crippen LogP contribution < -0.4 is 0 Å². The van der Waals surface area contributed by atoms with Crippen molar-refractivity contribution >= 4 is 6.29 Å². The summed E-state index contributed by atoms with van der Waals surface area (Å²) < 4.78 is 29.0. The van der Waals surface area contributed by atoms with Crippen molar-refractivity contribution in [2.24, 2.45) is 0 Å². The number of phenolic OH excluding ortho intramolecular Hbond substituents is 1. The number of phenols is 1. The van der Waals surface area contributed by atoms with Crippen molar-refractivity contribution in [3.05, 3.63) is 29.8 Å². The minimum Gasteiger partial charge on any atom is -0.508 e. The fraction of sp³-hybridized carbons (Fsp3) is 0.125. The predicted molar refractivity (Wildman–Crippen MR) is 40.6 cm³/mol. The minimum atomic E-state index is -3.67. The Balaban J connectivity index is 0.000000310. The van der Waals surface area contributed by atoms with Crippen LogP contribution in [0.4, 0.5) is 13.2 Å². The van der Waals surface area contributed by atoms with Crippen LogP contribution in [0.1, 0.15) is 10.4 Å². The van der Waals surface area contributed by atoms with E-state index in [1.807, 2.05) is 0 Å². The van der Waals surface area contributed by atoms with Crippen molar-refractivity contribution in [3.63, 3.8) is 0 Å². The maximum absolute atomic E-state index is 10.0. The maximum atomic E-state index is 10.0. The summed E-state index contributed by atoms with van der Waals surface area (Å²) in [4.78, 5) is 10.0. The highest BCUT2D eigenvalue weighted by molar-refractivity contribution is 5.74. The van der Waals surface area contributed by atoms with Gasteiger partial charge in [-0.05, 0) is 24.3 Å². The van der Waals surface area contributed by atoms with Crippen molar-refractivity contribution in [1.29, 1.82) is 0 Å². The van der Waals surface area contributed by atoms with Gasteiger partial charge in [-0.2, -0.15) is 13.2 Å².